The van der Waals surface area contributed by atoms with Crippen LogP contribution in [0.1, 0.15) is 26.3 Å². The predicted octanol–water partition coefficient (Wildman–Crippen LogP) is 1.16. The fourth-order valence-corrected chi connectivity index (χ4v) is 1.43. The van der Waals surface area contributed by atoms with E-state index in [0.717, 1.165) is 25.3 Å². The summed E-state index contributed by atoms with van der Waals surface area (Å²) in [5, 5.41) is 26.6. The molecule has 0 aliphatic rings. The number of carbonyl (C=O) groups is 3. The molecule has 0 saturated carbocycles. The highest BCUT2D eigenvalue weighted by atomic mass is 16.5. The lowest BCUT2D eigenvalue weighted by atomic mass is 10.0. The number of hydrogen-bond donors (Lipinski definition) is 2. The maximum atomic E-state index is 11.2. The zero-order chi connectivity index (χ0) is 15.3. The Hall–Kier alpha value is -3.14. The molecule has 0 unspecified atom stereocenters. The standard InChI is InChI=1S/C13H9NO6/c1-20-13(19)8(6-14)4-7-2-3-9(11(15)16)10(5-7)12(17)18/h2-5H,1H3,(H,15,16)(H,17,18)/b8-4+. The molecule has 1 rings (SSSR count). The minimum absolute atomic E-state index is 0.203. The van der Waals surface area contributed by atoms with Gasteiger partial charge in [-0.2, -0.15) is 5.26 Å². The minimum Gasteiger partial charge on any atom is -0.478 e. The first-order valence-corrected chi connectivity index (χ1v) is 5.21. The largest absolute Gasteiger partial charge is 0.478 e. The second kappa shape index (κ2) is 6.15. The van der Waals surface area contributed by atoms with Crippen LogP contribution >= 0.6 is 0 Å². The van der Waals surface area contributed by atoms with Crippen molar-refractivity contribution in [3.63, 3.8) is 0 Å². The third-order valence-electron chi connectivity index (χ3n) is 2.34. The maximum absolute atomic E-state index is 11.2. The van der Waals surface area contributed by atoms with Gasteiger partial charge in [0.15, 0.2) is 0 Å². The summed E-state index contributed by atoms with van der Waals surface area (Å²) in [4.78, 5) is 33.1. The summed E-state index contributed by atoms with van der Waals surface area (Å²) in [6.07, 6.45) is 1.11. The second-order valence-corrected chi connectivity index (χ2v) is 3.58. The van der Waals surface area contributed by atoms with Crippen LogP contribution in [0.15, 0.2) is 23.8 Å². The van der Waals surface area contributed by atoms with Crippen molar-refractivity contribution in [2.24, 2.45) is 0 Å². The van der Waals surface area contributed by atoms with Crippen molar-refractivity contribution < 1.29 is 29.3 Å². The van der Waals surface area contributed by atoms with E-state index in [2.05, 4.69) is 4.74 Å². The highest BCUT2D eigenvalue weighted by Gasteiger charge is 2.16. The van der Waals surface area contributed by atoms with Gasteiger partial charge in [-0.1, -0.05) is 6.07 Å². The Bertz CT molecular complexity index is 653. The van der Waals surface area contributed by atoms with E-state index in [1.54, 1.807) is 6.07 Å². The van der Waals surface area contributed by atoms with Crippen LogP contribution in [0, 0.1) is 11.3 Å². The molecule has 0 amide bonds. The lowest BCUT2D eigenvalue weighted by Crippen LogP contribution is -2.08. The van der Waals surface area contributed by atoms with Crippen LogP contribution in [0.25, 0.3) is 6.08 Å². The molecule has 0 radical (unpaired) electrons. The van der Waals surface area contributed by atoms with Gasteiger partial charge in [0.2, 0.25) is 0 Å². The van der Waals surface area contributed by atoms with Gasteiger partial charge in [0.1, 0.15) is 11.6 Å². The lowest BCUT2D eigenvalue weighted by molar-refractivity contribution is -0.135. The molecule has 0 aliphatic carbocycles. The second-order valence-electron chi connectivity index (χ2n) is 3.58. The number of benzene rings is 1. The summed E-state index contributed by atoms with van der Waals surface area (Å²) in [5.41, 5.74) is -0.944. The molecule has 0 atom stereocenters. The first-order valence-electron chi connectivity index (χ1n) is 5.21. The van der Waals surface area contributed by atoms with E-state index in [4.69, 9.17) is 15.5 Å². The molecule has 7 heteroatoms. The van der Waals surface area contributed by atoms with Gasteiger partial charge in [-0.05, 0) is 23.8 Å². The van der Waals surface area contributed by atoms with E-state index < -0.39 is 23.5 Å². The lowest BCUT2D eigenvalue weighted by Gasteiger charge is -2.03. The first-order chi connectivity index (χ1) is 9.40. The minimum atomic E-state index is -1.42. The number of nitriles is 1. The molecule has 1 aromatic rings. The number of hydrogen-bond acceptors (Lipinski definition) is 5. The Morgan fingerprint density at radius 1 is 1.20 bits per heavy atom. The monoisotopic (exact) mass is 275 g/mol. The Balaban J connectivity index is 3.36. The van der Waals surface area contributed by atoms with Gasteiger partial charge >= 0.3 is 17.9 Å². The SMILES string of the molecule is COC(=O)/C(C#N)=C/c1ccc(C(=O)O)c(C(=O)O)c1. The van der Waals surface area contributed by atoms with Crippen molar-refractivity contribution in [2.75, 3.05) is 7.11 Å². The summed E-state index contributed by atoms with van der Waals surface area (Å²) in [7, 11) is 1.10. The highest BCUT2D eigenvalue weighted by molar-refractivity contribution is 6.03. The van der Waals surface area contributed by atoms with Gasteiger partial charge in [0.05, 0.1) is 18.2 Å². The molecule has 102 valence electrons. The smallest absolute Gasteiger partial charge is 0.348 e. The van der Waals surface area contributed by atoms with Crippen molar-refractivity contribution in [3.8, 4) is 6.07 Å². The zero-order valence-electron chi connectivity index (χ0n) is 10.3. The molecule has 7 nitrogen and oxygen atoms in total. The molecule has 0 spiro atoms. The summed E-state index contributed by atoms with van der Waals surface area (Å²) < 4.78 is 4.37. The first kappa shape index (κ1) is 14.9. The number of carboxylic acids is 2. The molecular formula is C13H9NO6. The van der Waals surface area contributed by atoms with Crippen molar-refractivity contribution >= 4 is 24.0 Å². The molecule has 2 N–H and O–H groups in total. The third-order valence-corrected chi connectivity index (χ3v) is 2.34. The fraction of sp³-hybridized carbons (Fsp3) is 0.0769. The summed E-state index contributed by atoms with van der Waals surface area (Å²) in [6, 6.07) is 5.05. The van der Waals surface area contributed by atoms with Gasteiger partial charge in [-0.25, -0.2) is 14.4 Å². The quantitative estimate of drug-likeness (QED) is 0.479. The third kappa shape index (κ3) is 3.20. The topological polar surface area (TPSA) is 125 Å². The predicted molar refractivity (Wildman–Crippen MR) is 66.0 cm³/mol. The van der Waals surface area contributed by atoms with E-state index in [0.29, 0.717) is 0 Å². The van der Waals surface area contributed by atoms with Gasteiger partial charge in [-0.3, -0.25) is 0 Å². The number of rotatable bonds is 4. The van der Waals surface area contributed by atoms with Crippen molar-refractivity contribution in [1.82, 2.24) is 0 Å². The number of esters is 1. The van der Waals surface area contributed by atoms with Crippen LogP contribution < -0.4 is 0 Å². The van der Waals surface area contributed by atoms with E-state index in [1.807, 2.05) is 0 Å². The molecule has 20 heavy (non-hydrogen) atoms. The summed E-state index contributed by atoms with van der Waals surface area (Å²) in [6.45, 7) is 0. The number of aromatic carboxylic acids is 2. The fourth-order valence-electron chi connectivity index (χ4n) is 1.43. The van der Waals surface area contributed by atoms with E-state index in [9.17, 15) is 14.4 Å². The zero-order valence-corrected chi connectivity index (χ0v) is 10.3. The Labute approximate surface area is 113 Å². The number of methoxy groups -OCH3 is 1. The number of ether oxygens (including phenoxy) is 1. The van der Waals surface area contributed by atoms with Crippen LogP contribution in [0.4, 0.5) is 0 Å². The average molecular weight is 275 g/mol. The van der Waals surface area contributed by atoms with E-state index in [1.165, 1.54) is 6.07 Å². The Morgan fingerprint density at radius 3 is 2.25 bits per heavy atom. The summed E-state index contributed by atoms with van der Waals surface area (Å²) in [5.74, 6) is -3.67. The van der Waals surface area contributed by atoms with Gasteiger partial charge < -0.3 is 14.9 Å². The summed E-state index contributed by atoms with van der Waals surface area (Å²) >= 11 is 0. The molecule has 0 bridgehead atoms. The number of carboxylic acid groups (broad SMARTS) is 2. The van der Waals surface area contributed by atoms with E-state index in [-0.39, 0.29) is 16.7 Å². The Morgan fingerprint density at radius 2 is 1.80 bits per heavy atom. The van der Waals surface area contributed by atoms with Gasteiger partial charge in [-0.15, -0.1) is 0 Å². The Kier molecular flexibility index (Phi) is 4.59. The van der Waals surface area contributed by atoms with Crippen LogP contribution in [0.2, 0.25) is 0 Å². The molecular weight excluding hydrogens is 266 g/mol. The van der Waals surface area contributed by atoms with Gasteiger partial charge in [0, 0.05) is 0 Å². The van der Waals surface area contributed by atoms with Crippen molar-refractivity contribution in [2.45, 2.75) is 0 Å². The molecule has 0 saturated heterocycles. The maximum Gasteiger partial charge on any atom is 0.348 e. The van der Waals surface area contributed by atoms with Crippen LogP contribution in [-0.4, -0.2) is 35.2 Å². The molecule has 1 aromatic carbocycles. The van der Waals surface area contributed by atoms with Crippen LogP contribution in [0.5, 0.6) is 0 Å². The van der Waals surface area contributed by atoms with E-state index >= 15 is 0 Å². The average Bonchev–Trinajstić information content (AvgIpc) is 2.43. The molecule has 0 fully saturated rings. The molecule has 0 aromatic heterocycles. The van der Waals surface area contributed by atoms with Crippen LogP contribution in [-0.2, 0) is 9.53 Å². The molecule has 0 heterocycles. The highest BCUT2D eigenvalue weighted by Crippen LogP contribution is 2.15. The number of carbonyl (C=O) groups excluding carboxylic acids is 1. The van der Waals surface area contributed by atoms with Crippen molar-refractivity contribution in [3.05, 3.63) is 40.5 Å². The normalized spacial score (nSPS) is 10.5. The van der Waals surface area contributed by atoms with Gasteiger partial charge in [0.25, 0.3) is 0 Å². The van der Waals surface area contributed by atoms with Crippen molar-refractivity contribution in [1.29, 1.82) is 5.26 Å². The number of nitrogens with zero attached hydrogens (tertiary/aromatic N) is 1. The van der Waals surface area contributed by atoms with Crippen LogP contribution in [0.3, 0.4) is 0 Å². The molecule has 0 aliphatic heterocycles.